The standard InChI is InChI=1S/C22H26N4/c1-5-25(3)19-11-7-17(8-12-19)21(15-23)22(16-24)18-9-13-20(14-10-18)26(4)6-2/h7-14,21-22H,5-6H2,1-4H3. The predicted molar refractivity (Wildman–Crippen MR) is 107 cm³/mol. The van der Waals surface area contributed by atoms with Crippen LogP contribution in [-0.4, -0.2) is 27.2 Å². The van der Waals surface area contributed by atoms with Gasteiger partial charge in [-0.25, -0.2) is 0 Å². The molecule has 2 rings (SSSR count). The maximum atomic E-state index is 9.73. The van der Waals surface area contributed by atoms with Crippen LogP contribution < -0.4 is 9.80 Å². The summed E-state index contributed by atoms with van der Waals surface area (Å²) in [6.45, 7) is 6.02. The van der Waals surface area contributed by atoms with E-state index in [1.54, 1.807) is 0 Å². The summed E-state index contributed by atoms with van der Waals surface area (Å²) >= 11 is 0. The number of nitriles is 2. The lowest BCUT2D eigenvalue weighted by Crippen LogP contribution is -2.16. The molecule has 0 N–H and O–H groups in total. The first kappa shape index (κ1) is 19.3. The summed E-state index contributed by atoms with van der Waals surface area (Å²) in [5, 5.41) is 19.5. The van der Waals surface area contributed by atoms with Crippen molar-refractivity contribution < 1.29 is 0 Å². The summed E-state index contributed by atoms with van der Waals surface area (Å²) in [7, 11) is 4.06. The second kappa shape index (κ2) is 8.92. The van der Waals surface area contributed by atoms with Crippen molar-refractivity contribution in [2.24, 2.45) is 0 Å². The van der Waals surface area contributed by atoms with Gasteiger partial charge in [-0.3, -0.25) is 0 Å². The summed E-state index contributed by atoms with van der Waals surface area (Å²) in [5.41, 5.74) is 3.96. The molecule has 0 heterocycles. The van der Waals surface area contributed by atoms with Gasteiger partial charge < -0.3 is 9.80 Å². The van der Waals surface area contributed by atoms with Gasteiger partial charge in [-0.1, -0.05) is 24.3 Å². The summed E-state index contributed by atoms with van der Waals surface area (Å²) in [4.78, 5) is 4.27. The van der Waals surface area contributed by atoms with Gasteiger partial charge >= 0.3 is 0 Å². The molecule has 0 aliphatic heterocycles. The quantitative estimate of drug-likeness (QED) is 0.740. The molecule has 2 atom stereocenters. The van der Waals surface area contributed by atoms with E-state index >= 15 is 0 Å². The lowest BCUT2D eigenvalue weighted by atomic mass is 9.83. The van der Waals surface area contributed by atoms with E-state index in [1.165, 1.54) is 0 Å². The van der Waals surface area contributed by atoms with Gasteiger partial charge in [0, 0.05) is 38.6 Å². The van der Waals surface area contributed by atoms with Crippen LogP contribution in [-0.2, 0) is 0 Å². The number of hydrogen-bond acceptors (Lipinski definition) is 4. The fraction of sp³-hybridized carbons (Fsp3) is 0.364. The first-order chi connectivity index (χ1) is 12.5. The van der Waals surface area contributed by atoms with Gasteiger partial charge in [0.1, 0.15) is 0 Å². The highest BCUT2D eigenvalue weighted by atomic mass is 15.1. The Bertz CT molecular complexity index is 711. The fourth-order valence-electron chi connectivity index (χ4n) is 2.92. The van der Waals surface area contributed by atoms with E-state index in [-0.39, 0.29) is 0 Å². The molecule has 0 aliphatic carbocycles. The normalized spacial score (nSPS) is 12.5. The van der Waals surface area contributed by atoms with Crippen LogP contribution in [0.1, 0.15) is 36.8 Å². The summed E-state index contributed by atoms with van der Waals surface area (Å²) in [5.74, 6) is -0.980. The smallest absolute Gasteiger partial charge is 0.0912 e. The molecule has 2 aromatic rings. The molecule has 0 bridgehead atoms. The van der Waals surface area contributed by atoms with Gasteiger partial charge in [0.2, 0.25) is 0 Å². The maximum absolute atomic E-state index is 9.73. The third-order valence-electron chi connectivity index (χ3n) is 4.95. The predicted octanol–water partition coefficient (Wildman–Crippen LogP) is 4.51. The number of benzene rings is 2. The molecule has 2 aromatic carbocycles. The second-order valence-electron chi connectivity index (χ2n) is 6.42. The van der Waals surface area contributed by atoms with E-state index in [2.05, 4.69) is 35.8 Å². The van der Waals surface area contributed by atoms with E-state index in [0.717, 1.165) is 35.6 Å². The zero-order valence-corrected chi connectivity index (χ0v) is 16.0. The molecular formula is C22H26N4. The first-order valence-corrected chi connectivity index (χ1v) is 8.97. The van der Waals surface area contributed by atoms with Gasteiger partial charge in [0.05, 0.1) is 24.0 Å². The number of rotatable bonds is 7. The topological polar surface area (TPSA) is 54.1 Å². The van der Waals surface area contributed by atoms with Crippen LogP contribution >= 0.6 is 0 Å². The molecular weight excluding hydrogens is 320 g/mol. The number of anilines is 2. The molecule has 4 nitrogen and oxygen atoms in total. The number of hydrogen-bond donors (Lipinski definition) is 0. The lowest BCUT2D eigenvalue weighted by Gasteiger charge is -2.21. The van der Waals surface area contributed by atoms with E-state index in [1.807, 2.05) is 62.6 Å². The van der Waals surface area contributed by atoms with Crippen LogP contribution in [0.25, 0.3) is 0 Å². The molecule has 0 aromatic heterocycles. The molecule has 4 heteroatoms. The van der Waals surface area contributed by atoms with Crippen LogP contribution in [0.5, 0.6) is 0 Å². The van der Waals surface area contributed by atoms with Gasteiger partial charge in [0.25, 0.3) is 0 Å². The Balaban J connectivity index is 2.29. The summed E-state index contributed by atoms with van der Waals surface area (Å²) < 4.78 is 0. The van der Waals surface area contributed by atoms with E-state index in [0.29, 0.717) is 0 Å². The van der Waals surface area contributed by atoms with Crippen LogP contribution in [0.2, 0.25) is 0 Å². The second-order valence-corrected chi connectivity index (χ2v) is 6.42. The minimum absolute atomic E-state index is 0.490. The van der Waals surface area contributed by atoms with Gasteiger partial charge in [0.15, 0.2) is 0 Å². The molecule has 0 fully saturated rings. The highest BCUT2D eigenvalue weighted by Gasteiger charge is 2.25. The number of nitrogens with zero attached hydrogens (tertiary/aromatic N) is 4. The highest BCUT2D eigenvalue weighted by molar-refractivity contribution is 5.51. The lowest BCUT2D eigenvalue weighted by molar-refractivity contribution is 0.760. The molecule has 26 heavy (non-hydrogen) atoms. The van der Waals surface area contributed by atoms with Gasteiger partial charge in [-0.05, 0) is 49.2 Å². The minimum Gasteiger partial charge on any atom is -0.375 e. The van der Waals surface area contributed by atoms with Crippen molar-refractivity contribution >= 4 is 11.4 Å². The van der Waals surface area contributed by atoms with E-state index in [9.17, 15) is 10.5 Å². The van der Waals surface area contributed by atoms with E-state index in [4.69, 9.17) is 0 Å². The summed E-state index contributed by atoms with van der Waals surface area (Å²) in [6.07, 6.45) is 0. The average molecular weight is 346 g/mol. The van der Waals surface area contributed by atoms with Crippen molar-refractivity contribution in [3.63, 3.8) is 0 Å². The van der Waals surface area contributed by atoms with Crippen LogP contribution in [0.3, 0.4) is 0 Å². The third kappa shape index (κ3) is 4.16. The molecule has 0 radical (unpaired) electrons. The Kier molecular flexibility index (Phi) is 6.64. The van der Waals surface area contributed by atoms with Crippen molar-refractivity contribution in [1.29, 1.82) is 10.5 Å². The Morgan fingerprint density at radius 1 is 0.692 bits per heavy atom. The molecule has 0 amide bonds. The van der Waals surface area contributed by atoms with Crippen LogP contribution in [0.15, 0.2) is 48.5 Å². The van der Waals surface area contributed by atoms with Crippen molar-refractivity contribution in [3.05, 3.63) is 59.7 Å². The molecule has 0 saturated carbocycles. The molecule has 0 saturated heterocycles. The average Bonchev–Trinajstić information content (AvgIpc) is 2.71. The Labute approximate surface area is 156 Å². The zero-order chi connectivity index (χ0) is 19.1. The molecule has 2 unspecified atom stereocenters. The molecule has 0 aliphatic rings. The summed E-state index contributed by atoms with van der Waals surface area (Å²) in [6, 6.07) is 20.5. The Morgan fingerprint density at radius 3 is 1.23 bits per heavy atom. The van der Waals surface area contributed by atoms with Crippen molar-refractivity contribution in [3.8, 4) is 12.1 Å². The maximum Gasteiger partial charge on any atom is 0.0912 e. The molecule has 134 valence electrons. The molecule has 0 spiro atoms. The zero-order valence-electron chi connectivity index (χ0n) is 16.0. The first-order valence-electron chi connectivity index (χ1n) is 8.97. The Morgan fingerprint density at radius 2 is 1.00 bits per heavy atom. The van der Waals surface area contributed by atoms with Gasteiger partial charge in [-0.15, -0.1) is 0 Å². The van der Waals surface area contributed by atoms with Crippen LogP contribution in [0.4, 0.5) is 11.4 Å². The Hall–Kier alpha value is -2.98. The SMILES string of the molecule is CCN(C)c1ccc(C(C#N)C(C#N)c2ccc(N(C)CC)cc2)cc1. The van der Waals surface area contributed by atoms with Crippen molar-refractivity contribution in [2.75, 3.05) is 37.0 Å². The van der Waals surface area contributed by atoms with Crippen molar-refractivity contribution in [1.82, 2.24) is 0 Å². The monoisotopic (exact) mass is 346 g/mol. The van der Waals surface area contributed by atoms with Gasteiger partial charge in [-0.2, -0.15) is 10.5 Å². The minimum atomic E-state index is -0.490. The third-order valence-corrected chi connectivity index (χ3v) is 4.95. The highest BCUT2D eigenvalue weighted by Crippen LogP contribution is 2.33. The van der Waals surface area contributed by atoms with E-state index < -0.39 is 11.8 Å². The largest absolute Gasteiger partial charge is 0.375 e. The van der Waals surface area contributed by atoms with Crippen molar-refractivity contribution in [2.45, 2.75) is 25.7 Å². The van der Waals surface area contributed by atoms with Crippen LogP contribution in [0, 0.1) is 22.7 Å². The fourth-order valence-corrected chi connectivity index (χ4v) is 2.92.